The number of nitrogens with two attached hydrogens (primary N) is 1. The average Bonchev–Trinajstić information content (AvgIpc) is 2.29. The molecule has 0 aliphatic rings. The Morgan fingerprint density at radius 3 is 2.44 bits per heavy atom. The number of halogens is 2. The molecule has 1 rings (SSSR count). The van der Waals surface area contributed by atoms with Gasteiger partial charge in [-0.3, -0.25) is 4.79 Å². The van der Waals surface area contributed by atoms with Crippen LogP contribution in [0.1, 0.15) is 13.8 Å². The molecule has 0 aliphatic heterocycles. The first kappa shape index (κ1) is 17.2. The van der Waals surface area contributed by atoms with Crippen LogP contribution in [0.3, 0.4) is 0 Å². The van der Waals surface area contributed by atoms with E-state index in [-0.39, 0.29) is 24.4 Å². The van der Waals surface area contributed by atoms with Gasteiger partial charge in [-0.05, 0) is 38.1 Å². The first-order valence-corrected chi connectivity index (χ1v) is 6.24. The molecule has 0 saturated heterocycles. The van der Waals surface area contributed by atoms with Crippen molar-refractivity contribution < 1.29 is 9.53 Å². The molecule has 1 unspecified atom stereocenters. The molecule has 0 spiro atoms. The Kier molecular flexibility index (Phi) is 7.98. The van der Waals surface area contributed by atoms with Gasteiger partial charge < -0.3 is 15.8 Å². The molecule has 2 atom stereocenters. The lowest BCUT2D eigenvalue weighted by Crippen LogP contribution is -2.42. The number of hydrogen-bond donors (Lipinski definition) is 2. The molecule has 1 amide bonds. The van der Waals surface area contributed by atoms with Gasteiger partial charge in [-0.2, -0.15) is 0 Å². The van der Waals surface area contributed by atoms with Crippen LogP contribution < -0.4 is 15.8 Å². The highest BCUT2D eigenvalue weighted by molar-refractivity contribution is 9.10. The number of hydrogen-bond acceptors (Lipinski definition) is 3. The largest absolute Gasteiger partial charge is 0.489 e. The Hall–Kier alpha value is -0.780. The minimum atomic E-state index is -0.491. The number of nitrogens with one attached hydrogen (secondary N) is 1. The SMILES string of the molecule is CC(CNC(=O)[C@@H](C)N)Oc1ccc(Br)cc1.Cl. The predicted octanol–water partition coefficient (Wildman–Crippen LogP) is 2.10. The van der Waals surface area contributed by atoms with E-state index in [1.807, 2.05) is 31.2 Å². The molecule has 4 nitrogen and oxygen atoms in total. The summed E-state index contributed by atoms with van der Waals surface area (Å²) in [5.74, 6) is 0.604. The molecule has 6 heteroatoms. The van der Waals surface area contributed by atoms with Gasteiger partial charge in [0.05, 0.1) is 12.6 Å². The predicted molar refractivity (Wildman–Crippen MR) is 78.1 cm³/mol. The first-order valence-electron chi connectivity index (χ1n) is 5.44. The van der Waals surface area contributed by atoms with E-state index in [0.29, 0.717) is 6.54 Å². The molecular formula is C12H18BrClN2O2. The minimum Gasteiger partial charge on any atom is -0.489 e. The molecule has 0 heterocycles. The van der Waals surface area contributed by atoms with Gasteiger partial charge in [0, 0.05) is 4.47 Å². The lowest BCUT2D eigenvalue weighted by atomic mass is 10.3. The summed E-state index contributed by atoms with van der Waals surface area (Å²) in [5.41, 5.74) is 5.43. The van der Waals surface area contributed by atoms with Crippen LogP contribution >= 0.6 is 28.3 Å². The van der Waals surface area contributed by atoms with Crippen molar-refractivity contribution in [3.63, 3.8) is 0 Å². The zero-order valence-electron chi connectivity index (χ0n) is 10.4. The van der Waals surface area contributed by atoms with Gasteiger partial charge in [0.15, 0.2) is 0 Å². The first-order chi connectivity index (χ1) is 7.99. The second-order valence-corrected chi connectivity index (χ2v) is 4.83. The molecule has 0 fully saturated rings. The summed E-state index contributed by atoms with van der Waals surface area (Å²) >= 11 is 3.35. The van der Waals surface area contributed by atoms with Crippen molar-refractivity contribution >= 4 is 34.2 Å². The van der Waals surface area contributed by atoms with Gasteiger partial charge in [0.25, 0.3) is 0 Å². The molecule has 0 radical (unpaired) electrons. The highest BCUT2D eigenvalue weighted by Gasteiger charge is 2.09. The Balaban J connectivity index is 0.00000289. The van der Waals surface area contributed by atoms with E-state index in [0.717, 1.165) is 10.2 Å². The molecule has 0 bridgehead atoms. The van der Waals surface area contributed by atoms with Crippen LogP contribution in [0.4, 0.5) is 0 Å². The normalized spacial score (nSPS) is 13.1. The summed E-state index contributed by atoms with van der Waals surface area (Å²) in [4.78, 5) is 11.2. The Morgan fingerprint density at radius 1 is 1.39 bits per heavy atom. The van der Waals surface area contributed by atoms with Crippen molar-refractivity contribution in [2.24, 2.45) is 5.73 Å². The third kappa shape index (κ3) is 6.23. The maximum absolute atomic E-state index is 11.2. The average molecular weight is 338 g/mol. The highest BCUT2D eigenvalue weighted by Crippen LogP contribution is 2.17. The van der Waals surface area contributed by atoms with Crippen molar-refractivity contribution in [1.82, 2.24) is 5.32 Å². The number of benzene rings is 1. The van der Waals surface area contributed by atoms with E-state index in [1.165, 1.54) is 0 Å². The van der Waals surface area contributed by atoms with E-state index in [2.05, 4.69) is 21.2 Å². The molecule has 1 aromatic carbocycles. The fourth-order valence-electron chi connectivity index (χ4n) is 1.19. The van der Waals surface area contributed by atoms with Gasteiger partial charge in [-0.15, -0.1) is 12.4 Å². The summed E-state index contributed by atoms with van der Waals surface area (Å²) in [6, 6.07) is 7.06. The third-order valence-electron chi connectivity index (χ3n) is 2.13. The number of rotatable bonds is 5. The smallest absolute Gasteiger partial charge is 0.236 e. The molecule has 0 saturated carbocycles. The molecule has 1 aromatic rings. The van der Waals surface area contributed by atoms with E-state index in [1.54, 1.807) is 6.92 Å². The molecular weight excluding hydrogens is 320 g/mol. The van der Waals surface area contributed by atoms with Crippen molar-refractivity contribution in [2.45, 2.75) is 26.0 Å². The second-order valence-electron chi connectivity index (χ2n) is 3.92. The molecule has 102 valence electrons. The van der Waals surface area contributed by atoms with Crippen LogP contribution in [-0.2, 0) is 4.79 Å². The van der Waals surface area contributed by atoms with Gasteiger partial charge in [-0.25, -0.2) is 0 Å². The summed E-state index contributed by atoms with van der Waals surface area (Å²) in [5, 5.41) is 2.72. The maximum atomic E-state index is 11.2. The summed E-state index contributed by atoms with van der Waals surface area (Å²) < 4.78 is 6.63. The summed E-state index contributed by atoms with van der Waals surface area (Å²) in [6.07, 6.45) is -0.0983. The quantitative estimate of drug-likeness (QED) is 0.865. The Labute approximate surface area is 122 Å². The Morgan fingerprint density at radius 2 is 1.94 bits per heavy atom. The van der Waals surface area contributed by atoms with Crippen molar-refractivity contribution in [3.8, 4) is 5.75 Å². The topological polar surface area (TPSA) is 64.4 Å². The van der Waals surface area contributed by atoms with Crippen LogP contribution in [0.25, 0.3) is 0 Å². The van der Waals surface area contributed by atoms with E-state index in [9.17, 15) is 4.79 Å². The summed E-state index contributed by atoms with van der Waals surface area (Å²) in [6.45, 7) is 3.98. The van der Waals surface area contributed by atoms with Crippen LogP contribution in [-0.4, -0.2) is 24.6 Å². The van der Waals surface area contributed by atoms with E-state index < -0.39 is 6.04 Å². The van der Waals surface area contributed by atoms with Crippen molar-refractivity contribution in [2.75, 3.05) is 6.54 Å². The standard InChI is InChI=1S/C12H17BrN2O2.ClH/c1-8(7-15-12(16)9(2)14)17-11-5-3-10(13)4-6-11;/h3-6,8-9H,7,14H2,1-2H3,(H,15,16);1H/t8?,9-;/m1./s1. The number of carbonyl (C=O) groups is 1. The van der Waals surface area contributed by atoms with Gasteiger partial charge in [0.1, 0.15) is 11.9 Å². The minimum absolute atomic E-state index is 0. The fraction of sp³-hybridized carbons (Fsp3) is 0.417. The molecule has 0 aliphatic carbocycles. The van der Waals surface area contributed by atoms with Gasteiger partial charge in [-0.1, -0.05) is 15.9 Å². The van der Waals surface area contributed by atoms with Crippen LogP contribution in [0.2, 0.25) is 0 Å². The van der Waals surface area contributed by atoms with Crippen molar-refractivity contribution in [1.29, 1.82) is 0 Å². The van der Waals surface area contributed by atoms with Crippen LogP contribution in [0, 0.1) is 0 Å². The number of ether oxygens (including phenoxy) is 1. The van der Waals surface area contributed by atoms with Gasteiger partial charge >= 0.3 is 0 Å². The van der Waals surface area contributed by atoms with E-state index in [4.69, 9.17) is 10.5 Å². The Bertz CT molecular complexity index is 371. The van der Waals surface area contributed by atoms with Gasteiger partial charge in [0.2, 0.25) is 5.91 Å². The molecule has 3 N–H and O–H groups in total. The highest BCUT2D eigenvalue weighted by atomic mass is 79.9. The molecule has 0 aromatic heterocycles. The summed E-state index contributed by atoms with van der Waals surface area (Å²) in [7, 11) is 0. The monoisotopic (exact) mass is 336 g/mol. The zero-order valence-corrected chi connectivity index (χ0v) is 12.8. The molecule has 18 heavy (non-hydrogen) atoms. The number of amides is 1. The maximum Gasteiger partial charge on any atom is 0.236 e. The second kappa shape index (κ2) is 8.34. The van der Waals surface area contributed by atoms with E-state index >= 15 is 0 Å². The number of carbonyl (C=O) groups excluding carboxylic acids is 1. The fourth-order valence-corrected chi connectivity index (χ4v) is 1.46. The zero-order chi connectivity index (χ0) is 12.8. The lowest BCUT2D eigenvalue weighted by molar-refractivity contribution is -0.122. The van der Waals surface area contributed by atoms with Crippen molar-refractivity contribution in [3.05, 3.63) is 28.7 Å². The van der Waals surface area contributed by atoms with Crippen LogP contribution in [0.15, 0.2) is 28.7 Å². The lowest BCUT2D eigenvalue weighted by Gasteiger charge is -2.16. The van der Waals surface area contributed by atoms with Crippen LogP contribution in [0.5, 0.6) is 5.75 Å². The third-order valence-corrected chi connectivity index (χ3v) is 2.66.